The van der Waals surface area contributed by atoms with Gasteiger partial charge in [-0.2, -0.15) is 0 Å². The molecule has 2 rings (SSSR count). The molecule has 0 bridgehead atoms. The highest BCUT2D eigenvalue weighted by Crippen LogP contribution is 2.19. The van der Waals surface area contributed by atoms with Gasteiger partial charge in [0.2, 0.25) is 0 Å². The number of carbonyl (C=O) groups is 1. The number of carbonyl (C=O) groups excluding carboxylic acids is 1. The molecule has 0 aliphatic carbocycles. The van der Waals surface area contributed by atoms with Gasteiger partial charge in [0.25, 0.3) is 0 Å². The van der Waals surface area contributed by atoms with E-state index in [1.807, 2.05) is 6.92 Å². The summed E-state index contributed by atoms with van der Waals surface area (Å²) in [5.41, 5.74) is 0.451. The maximum Gasteiger partial charge on any atom is 0.184 e. The van der Waals surface area contributed by atoms with Gasteiger partial charge in [-0.1, -0.05) is 6.92 Å². The highest BCUT2D eigenvalue weighted by atomic mass is 16.5. The molecule has 0 radical (unpaired) electrons. The third kappa shape index (κ3) is 2.15. The monoisotopic (exact) mass is 206 g/mol. The van der Waals surface area contributed by atoms with Crippen LogP contribution in [0.3, 0.4) is 0 Å². The summed E-state index contributed by atoms with van der Waals surface area (Å²) in [6, 6.07) is 3.59. The summed E-state index contributed by atoms with van der Waals surface area (Å²) in [5, 5.41) is 3.11. The average Bonchev–Trinajstić information content (AvgIpc) is 2.23. The quantitative estimate of drug-likeness (QED) is 0.747. The van der Waals surface area contributed by atoms with E-state index in [4.69, 9.17) is 4.74 Å². The zero-order chi connectivity index (χ0) is 10.7. The van der Waals surface area contributed by atoms with Gasteiger partial charge < -0.3 is 10.1 Å². The van der Waals surface area contributed by atoms with Gasteiger partial charge in [-0.15, -0.1) is 0 Å². The Balaban J connectivity index is 2.16. The fourth-order valence-electron chi connectivity index (χ4n) is 1.39. The number of Topliss-reactive ketones (excluding diaryl/α,β-unsaturated/α-hetero) is 1. The van der Waals surface area contributed by atoms with Crippen molar-refractivity contribution in [1.82, 2.24) is 10.3 Å². The molecule has 0 atom stereocenters. The molecule has 2 heterocycles. The lowest BCUT2D eigenvalue weighted by Crippen LogP contribution is -2.50. The maximum atomic E-state index is 11.6. The van der Waals surface area contributed by atoms with Crippen molar-refractivity contribution in [3.8, 4) is 5.75 Å². The summed E-state index contributed by atoms with van der Waals surface area (Å²) in [4.78, 5) is 15.6. The number of ketones is 1. The van der Waals surface area contributed by atoms with E-state index in [0.717, 1.165) is 13.1 Å². The summed E-state index contributed by atoms with van der Waals surface area (Å²) >= 11 is 0. The van der Waals surface area contributed by atoms with Crippen LogP contribution in [0.25, 0.3) is 0 Å². The fourth-order valence-corrected chi connectivity index (χ4v) is 1.39. The minimum absolute atomic E-state index is 0.0258. The highest BCUT2D eigenvalue weighted by Gasteiger charge is 2.21. The largest absolute Gasteiger partial charge is 0.485 e. The Labute approximate surface area is 88.7 Å². The molecule has 0 spiro atoms. The Kier molecular flexibility index (Phi) is 2.97. The number of pyridine rings is 1. The van der Waals surface area contributed by atoms with Gasteiger partial charge in [0, 0.05) is 25.7 Å². The van der Waals surface area contributed by atoms with Crippen LogP contribution in [-0.2, 0) is 0 Å². The van der Waals surface area contributed by atoms with Crippen LogP contribution in [0.15, 0.2) is 18.3 Å². The van der Waals surface area contributed by atoms with Gasteiger partial charge in [-0.25, -0.2) is 4.98 Å². The molecule has 4 heteroatoms. The average molecular weight is 206 g/mol. The Morgan fingerprint density at radius 1 is 1.67 bits per heavy atom. The molecule has 15 heavy (non-hydrogen) atoms. The normalized spacial score (nSPS) is 15.8. The SMILES string of the molecule is CCC(=O)c1ncccc1OC1CNC1. The molecule has 0 amide bonds. The van der Waals surface area contributed by atoms with Crippen molar-refractivity contribution in [3.05, 3.63) is 24.0 Å². The smallest absolute Gasteiger partial charge is 0.184 e. The number of ether oxygens (including phenoxy) is 1. The first-order valence-electron chi connectivity index (χ1n) is 5.17. The third-order valence-corrected chi connectivity index (χ3v) is 2.39. The minimum Gasteiger partial charge on any atom is -0.485 e. The molecule has 1 aliphatic heterocycles. The van der Waals surface area contributed by atoms with E-state index in [2.05, 4.69) is 10.3 Å². The lowest BCUT2D eigenvalue weighted by molar-refractivity contribution is 0.0966. The van der Waals surface area contributed by atoms with Crippen LogP contribution in [-0.4, -0.2) is 30.0 Å². The molecule has 0 saturated carbocycles. The second-order valence-electron chi connectivity index (χ2n) is 3.52. The maximum absolute atomic E-state index is 11.6. The van der Waals surface area contributed by atoms with E-state index in [1.165, 1.54) is 0 Å². The molecule has 80 valence electrons. The molecule has 1 aromatic rings. The fraction of sp³-hybridized carbons (Fsp3) is 0.455. The number of hydrogen-bond donors (Lipinski definition) is 1. The van der Waals surface area contributed by atoms with Crippen LogP contribution in [0.4, 0.5) is 0 Å². The Morgan fingerprint density at radius 2 is 2.47 bits per heavy atom. The zero-order valence-corrected chi connectivity index (χ0v) is 8.69. The lowest BCUT2D eigenvalue weighted by atomic mass is 10.2. The summed E-state index contributed by atoms with van der Waals surface area (Å²) in [6.45, 7) is 3.51. The standard InChI is InChI=1S/C11H14N2O2/c1-2-9(14)11-10(4-3-5-13-11)15-8-6-12-7-8/h3-5,8,12H,2,6-7H2,1H3. The number of nitrogens with zero attached hydrogens (tertiary/aromatic N) is 1. The second kappa shape index (κ2) is 4.40. The number of hydrogen-bond acceptors (Lipinski definition) is 4. The van der Waals surface area contributed by atoms with Crippen molar-refractivity contribution in [2.45, 2.75) is 19.4 Å². The van der Waals surface area contributed by atoms with Gasteiger partial charge in [-0.05, 0) is 12.1 Å². The lowest BCUT2D eigenvalue weighted by Gasteiger charge is -2.28. The van der Waals surface area contributed by atoms with E-state index in [-0.39, 0.29) is 11.9 Å². The molecule has 1 saturated heterocycles. The topological polar surface area (TPSA) is 51.2 Å². The van der Waals surface area contributed by atoms with Gasteiger partial charge in [0.15, 0.2) is 5.78 Å². The van der Waals surface area contributed by atoms with E-state index >= 15 is 0 Å². The van der Waals surface area contributed by atoms with E-state index < -0.39 is 0 Å². The first-order chi connectivity index (χ1) is 7.31. The number of rotatable bonds is 4. The number of aromatic nitrogens is 1. The summed E-state index contributed by atoms with van der Waals surface area (Å²) in [6.07, 6.45) is 2.25. The van der Waals surface area contributed by atoms with Crippen LogP contribution in [0.2, 0.25) is 0 Å². The van der Waals surface area contributed by atoms with Gasteiger partial charge in [-0.3, -0.25) is 4.79 Å². The van der Waals surface area contributed by atoms with Crippen molar-refractivity contribution in [1.29, 1.82) is 0 Å². The molecule has 0 aromatic carbocycles. The van der Waals surface area contributed by atoms with Crippen LogP contribution in [0, 0.1) is 0 Å². The van der Waals surface area contributed by atoms with Crippen LogP contribution < -0.4 is 10.1 Å². The first kappa shape index (κ1) is 10.1. The van der Waals surface area contributed by atoms with Crippen molar-refractivity contribution < 1.29 is 9.53 Å². The summed E-state index contributed by atoms with van der Waals surface area (Å²) in [5.74, 6) is 0.633. The minimum atomic E-state index is 0.0258. The molecular formula is C11H14N2O2. The summed E-state index contributed by atoms with van der Waals surface area (Å²) in [7, 11) is 0. The molecule has 1 fully saturated rings. The van der Waals surface area contributed by atoms with Crippen LogP contribution in [0.5, 0.6) is 5.75 Å². The van der Waals surface area contributed by atoms with Gasteiger partial charge in [0.05, 0.1) is 0 Å². The van der Waals surface area contributed by atoms with Gasteiger partial charge in [0.1, 0.15) is 17.5 Å². The van der Waals surface area contributed by atoms with Gasteiger partial charge >= 0.3 is 0 Å². The third-order valence-electron chi connectivity index (χ3n) is 2.39. The first-order valence-corrected chi connectivity index (χ1v) is 5.17. The molecule has 0 unspecified atom stereocenters. The number of nitrogens with one attached hydrogen (secondary N) is 1. The molecule has 1 N–H and O–H groups in total. The Bertz CT molecular complexity index is 361. The van der Waals surface area contributed by atoms with Crippen molar-refractivity contribution in [3.63, 3.8) is 0 Å². The predicted octanol–water partition coefficient (Wildman–Crippen LogP) is 1.02. The Morgan fingerprint density at radius 3 is 3.07 bits per heavy atom. The molecular weight excluding hydrogens is 192 g/mol. The van der Waals surface area contributed by atoms with Crippen molar-refractivity contribution >= 4 is 5.78 Å². The van der Waals surface area contributed by atoms with Crippen LogP contribution in [0.1, 0.15) is 23.8 Å². The summed E-state index contributed by atoms with van der Waals surface area (Å²) < 4.78 is 5.66. The zero-order valence-electron chi connectivity index (χ0n) is 8.69. The Hall–Kier alpha value is -1.42. The van der Waals surface area contributed by atoms with E-state index in [0.29, 0.717) is 17.9 Å². The van der Waals surface area contributed by atoms with Crippen molar-refractivity contribution in [2.75, 3.05) is 13.1 Å². The van der Waals surface area contributed by atoms with E-state index in [9.17, 15) is 4.79 Å². The predicted molar refractivity (Wildman–Crippen MR) is 56.1 cm³/mol. The van der Waals surface area contributed by atoms with Crippen molar-refractivity contribution in [2.24, 2.45) is 0 Å². The van der Waals surface area contributed by atoms with Crippen LogP contribution >= 0.6 is 0 Å². The second-order valence-corrected chi connectivity index (χ2v) is 3.52. The molecule has 4 nitrogen and oxygen atoms in total. The molecule has 1 aromatic heterocycles. The highest BCUT2D eigenvalue weighted by molar-refractivity contribution is 5.96. The van der Waals surface area contributed by atoms with E-state index in [1.54, 1.807) is 18.3 Å². The molecule has 1 aliphatic rings.